The number of aryl methyl sites for hydroxylation is 1. The average Bonchev–Trinajstić information content (AvgIpc) is 2.66. The number of unbranched alkanes of at least 4 members (excludes halogenated alkanes) is 2. The molecule has 1 rings (SSSR count). The number of nitrogens with zero attached hydrogens (tertiary/aromatic N) is 1. The summed E-state index contributed by atoms with van der Waals surface area (Å²) in [6.07, 6.45) is 5.36. The van der Waals surface area contributed by atoms with Gasteiger partial charge in [-0.05, 0) is 31.4 Å². The molecular formula is C13H21NO2. The number of aromatic nitrogens is 1. The fourth-order valence-electron chi connectivity index (χ4n) is 1.85. The highest BCUT2D eigenvalue weighted by atomic mass is 16.4. The molecule has 0 saturated heterocycles. The van der Waals surface area contributed by atoms with Gasteiger partial charge in [-0.3, -0.25) is 0 Å². The smallest absolute Gasteiger partial charge is 0.352 e. The molecule has 0 aromatic carbocycles. The van der Waals surface area contributed by atoms with Crippen LogP contribution in [0.4, 0.5) is 0 Å². The van der Waals surface area contributed by atoms with Gasteiger partial charge in [-0.25, -0.2) is 4.79 Å². The maximum absolute atomic E-state index is 11.1. The number of carboxylic acids is 1. The zero-order chi connectivity index (χ0) is 12.0. The van der Waals surface area contributed by atoms with Crippen LogP contribution < -0.4 is 0 Å². The van der Waals surface area contributed by atoms with Crippen LogP contribution in [-0.2, 0) is 13.0 Å². The topological polar surface area (TPSA) is 42.2 Å². The maximum Gasteiger partial charge on any atom is 0.352 e. The van der Waals surface area contributed by atoms with Gasteiger partial charge in [-0.15, -0.1) is 0 Å². The molecule has 1 aromatic rings. The lowest BCUT2D eigenvalue weighted by Gasteiger charge is -2.10. The van der Waals surface area contributed by atoms with Gasteiger partial charge in [0.1, 0.15) is 5.69 Å². The van der Waals surface area contributed by atoms with Crippen molar-refractivity contribution in [1.82, 2.24) is 4.57 Å². The van der Waals surface area contributed by atoms with Gasteiger partial charge in [0.2, 0.25) is 0 Å². The second kappa shape index (κ2) is 6.36. The number of hydrogen-bond donors (Lipinski definition) is 1. The van der Waals surface area contributed by atoms with Crippen molar-refractivity contribution in [3.05, 3.63) is 23.5 Å². The predicted molar refractivity (Wildman–Crippen MR) is 64.9 cm³/mol. The van der Waals surface area contributed by atoms with E-state index in [9.17, 15) is 4.79 Å². The van der Waals surface area contributed by atoms with Crippen LogP contribution in [0.1, 0.15) is 55.7 Å². The van der Waals surface area contributed by atoms with Gasteiger partial charge in [0.05, 0.1) is 0 Å². The molecule has 0 aliphatic carbocycles. The van der Waals surface area contributed by atoms with Crippen LogP contribution in [0.5, 0.6) is 0 Å². The van der Waals surface area contributed by atoms with Crippen LogP contribution in [-0.4, -0.2) is 15.6 Å². The van der Waals surface area contributed by atoms with E-state index in [1.165, 1.54) is 0 Å². The zero-order valence-corrected chi connectivity index (χ0v) is 10.2. The van der Waals surface area contributed by atoms with Crippen LogP contribution in [0.25, 0.3) is 0 Å². The molecule has 1 aromatic heterocycles. The van der Waals surface area contributed by atoms with Gasteiger partial charge in [-0.2, -0.15) is 0 Å². The number of carboxylic acid groups (broad SMARTS) is 1. The van der Waals surface area contributed by atoms with Crippen LogP contribution in [0, 0.1) is 0 Å². The van der Waals surface area contributed by atoms with E-state index < -0.39 is 5.97 Å². The van der Waals surface area contributed by atoms with E-state index in [0.29, 0.717) is 5.69 Å². The monoisotopic (exact) mass is 223 g/mol. The summed E-state index contributed by atoms with van der Waals surface area (Å²) in [7, 11) is 0. The standard InChI is InChI=1S/C13H21NO2/c1-3-5-7-11-8-9-12(13(15)16)14(11)10-6-4-2/h8-9H,3-7,10H2,1-2H3,(H,15,16). The minimum atomic E-state index is -0.821. The lowest BCUT2D eigenvalue weighted by atomic mass is 10.2. The van der Waals surface area contributed by atoms with Crippen LogP contribution >= 0.6 is 0 Å². The predicted octanol–water partition coefficient (Wildman–Crippen LogP) is 3.33. The molecule has 0 saturated carbocycles. The van der Waals surface area contributed by atoms with Gasteiger partial charge in [-0.1, -0.05) is 26.7 Å². The molecule has 16 heavy (non-hydrogen) atoms. The minimum absolute atomic E-state index is 0.430. The maximum atomic E-state index is 11.1. The Kier molecular flexibility index (Phi) is 5.09. The first-order valence-corrected chi connectivity index (χ1v) is 6.12. The summed E-state index contributed by atoms with van der Waals surface area (Å²) in [5.74, 6) is -0.821. The number of hydrogen-bond acceptors (Lipinski definition) is 1. The van der Waals surface area contributed by atoms with Crippen molar-refractivity contribution in [2.75, 3.05) is 0 Å². The Morgan fingerprint density at radius 3 is 2.50 bits per heavy atom. The van der Waals surface area contributed by atoms with Crippen LogP contribution in [0.15, 0.2) is 12.1 Å². The Morgan fingerprint density at radius 1 is 1.25 bits per heavy atom. The van der Waals surface area contributed by atoms with E-state index in [1.807, 2.05) is 10.6 Å². The molecular weight excluding hydrogens is 202 g/mol. The third kappa shape index (κ3) is 3.12. The molecule has 90 valence electrons. The normalized spacial score (nSPS) is 10.6. The molecule has 0 spiro atoms. The molecule has 0 amide bonds. The molecule has 0 fully saturated rings. The highest BCUT2D eigenvalue weighted by molar-refractivity contribution is 5.86. The van der Waals surface area contributed by atoms with Crippen molar-refractivity contribution in [1.29, 1.82) is 0 Å². The molecule has 0 radical (unpaired) electrons. The third-order valence-corrected chi connectivity index (χ3v) is 2.81. The van der Waals surface area contributed by atoms with E-state index in [0.717, 1.165) is 44.3 Å². The van der Waals surface area contributed by atoms with Gasteiger partial charge in [0, 0.05) is 12.2 Å². The Labute approximate surface area is 97.1 Å². The number of rotatable bonds is 7. The van der Waals surface area contributed by atoms with E-state index in [1.54, 1.807) is 6.07 Å². The van der Waals surface area contributed by atoms with Crippen molar-refractivity contribution >= 4 is 5.97 Å². The van der Waals surface area contributed by atoms with E-state index >= 15 is 0 Å². The second-order valence-electron chi connectivity index (χ2n) is 4.12. The van der Waals surface area contributed by atoms with Gasteiger partial charge >= 0.3 is 5.97 Å². The van der Waals surface area contributed by atoms with Crippen molar-refractivity contribution < 1.29 is 9.90 Å². The molecule has 1 heterocycles. The van der Waals surface area contributed by atoms with Crippen molar-refractivity contribution in [3.8, 4) is 0 Å². The molecule has 0 atom stereocenters. The molecule has 0 aliphatic heterocycles. The summed E-state index contributed by atoms with van der Waals surface area (Å²) < 4.78 is 1.96. The Balaban J connectivity index is 2.85. The quantitative estimate of drug-likeness (QED) is 0.770. The Morgan fingerprint density at radius 2 is 1.94 bits per heavy atom. The zero-order valence-electron chi connectivity index (χ0n) is 10.2. The highest BCUT2D eigenvalue weighted by Gasteiger charge is 2.12. The summed E-state index contributed by atoms with van der Waals surface area (Å²) >= 11 is 0. The fraction of sp³-hybridized carbons (Fsp3) is 0.615. The number of aromatic carboxylic acids is 1. The van der Waals surface area contributed by atoms with Crippen molar-refractivity contribution in [3.63, 3.8) is 0 Å². The first kappa shape index (κ1) is 12.8. The Hall–Kier alpha value is -1.25. The van der Waals surface area contributed by atoms with Crippen molar-refractivity contribution in [2.24, 2.45) is 0 Å². The molecule has 0 bridgehead atoms. The van der Waals surface area contributed by atoms with Crippen molar-refractivity contribution in [2.45, 2.75) is 52.5 Å². The summed E-state index contributed by atoms with van der Waals surface area (Å²) in [4.78, 5) is 11.1. The summed E-state index contributed by atoms with van der Waals surface area (Å²) in [5, 5.41) is 9.08. The fourth-order valence-corrected chi connectivity index (χ4v) is 1.85. The summed E-state index contributed by atoms with van der Waals surface area (Å²) in [5.41, 5.74) is 1.59. The lowest BCUT2D eigenvalue weighted by molar-refractivity contribution is 0.0684. The molecule has 0 unspecified atom stereocenters. The first-order chi connectivity index (χ1) is 7.70. The van der Waals surface area contributed by atoms with Crippen LogP contribution in [0.3, 0.4) is 0 Å². The van der Waals surface area contributed by atoms with Gasteiger partial charge in [0.15, 0.2) is 0 Å². The highest BCUT2D eigenvalue weighted by Crippen LogP contribution is 2.14. The minimum Gasteiger partial charge on any atom is -0.477 e. The molecule has 3 heteroatoms. The first-order valence-electron chi connectivity index (χ1n) is 6.12. The summed E-state index contributed by atoms with van der Waals surface area (Å²) in [6.45, 7) is 5.09. The second-order valence-corrected chi connectivity index (χ2v) is 4.12. The average molecular weight is 223 g/mol. The SMILES string of the molecule is CCCCc1ccc(C(=O)O)n1CCCC. The molecule has 3 nitrogen and oxygen atoms in total. The number of carbonyl (C=O) groups is 1. The van der Waals surface area contributed by atoms with Crippen LogP contribution in [0.2, 0.25) is 0 Å². The molecule has 1 N–H and O–H groups in total. The van der Waals surface area contributed by atoms with E-state index in [4.69, 9.17) is 5.11 Å². The Bertz CT molecular complexity index is 342. The summed E-state index contributed by atoms with van der Waals surface area (Å²) in [6, 6.07) is 3.68. The van der Waals surface area contributed by atoms with Gasteiger partial charge in [0.25, 0.3) is 0 Å². The van der Waals surface area contributed by atoms with E-state index in [2.05, 4.69) is 13.8 Å². The van der Waals surface area contributed by atoms with E-state index in [-0.39, 0.29) is 0 Å². The van der Waals surface area contributed by atoms with Gasteiger partial charge < -0.3 is 9.67 Å². The third-order valence-electron chi connectivity index (χ3n) is 2.81. The lowest BCUT2D eigenvalue weighted by Crippen LogP contribution is -2.11. The largest absolute Gasteiger partial charge is 0.477 e. The molecule has 0 aliphatic rings.